The van der Waals surface area contributed by atoms with Gasteiger partial charge in [-0.05, 0) is 24.7 Å². The van der Waals surface area contributed by atoms with Crippen molar-refractivity contribution in [3.8, 4) is 0 Å². The van der Waals surface area contributed by atoms with Crippen molar-refractivity contribution in [2.75, 3.05) is 13.1 Å². The van der Waals surface area contributed by atoms with Crippen molar-refractivity contribution < 1.29 is 13.6 Å². The summed E-state index contributed by atoms with van der Waals surface area (Å²) < 4.78 is 25.5. The molecule has 1 aliphatic carbocycles. The third-order valence-corrected chi connectivity index (χ3v) is 3.12. The molecule has 0 radical (unpaired) electrons. The summed E-state index contributed by atoms with van der Waals surface area (Å²) >= 11 is 0. The molecular weight excluding hydrogens is 214 g/mol. The highest BCUT2D eigenvalue weighted by Gasteiger charge is 2.28. The predicted molar refractivity (Wildman–Crippen MR) is 58.1 cm³/mol. The van der Waals surface area contributed by atoms with Crippen LogP contribution in [0.15, 0.2) is 0 Å². The van der Waals surface area contributed by atoms with Gasteiger partial charge in [-0.25, -0.2) is 8.78 Å². The Morgan fingerprint density at radius 1 is 1.50 bits per heavy atom. The molecular formula is C11H20F2N2O. The molecule has 0 spiro atoms. The molecule has 3 nitrogen and oxygen atoms in total. The summed E-state index contributed by atoms with van der Waals surface area (Å²) in [6.45, 7) is 0.777. The highest BCUT2D eigenvalue weighted by Crippen LogP contribution is 2.32. The maximum absolute atomic E-state index is 12.7. The Hall–Kier alpha value is -0.710. The third-order valence-electron chi connectivity index (χ3n) is 3.12. The number of hydrogen-bond donors (Lipinski definition) is 2. The maximum Gasteiger partial charge on any atom is 0.277 e. The zero-order chi connectivity index (χ0) is 12.2. The van der Waals surface area contributed by atoms with E-state index in [0.29, 0.717) is 18.3 Å². The number of rotatable bonds is 5. The van der Waals surface area contributed by atoms with Crippen LogP contribution in [0.25, 0.3) is 0 Å². The van der Waals surface area contributed by atoms with Crippen LogP contribution in [0.2, 0.25) is 0 Å². The van der Waals surface area contributed by atoms with Crippen LogP contribution in [0.5, 0.6) is 0 Å². The zero-order valence-electron chi connectivity index (χ0n) is 9.64. The monoisotopic (exact) mass is 234 g/mol. The molecule has 2 atom stereocenters. The molecule has 0 heterocycles. The summed E-state index contributed by atoms with van der Waals surface area (Å²) in [6.07, 6.45) is 3.56. The summed E-state index contributed by atoms with van der Waals surface area (Å²) in [4.78, 5) is 11.4. The first-order chi connectivity index (χ1) is 7.43. The van der Waals surface area contributed by atoms with Crippen LogP contribution in [0, 0.1) is 11.8 Å². The maximum atomic E-state index is 12.7. The van der Waals surface area contributed by atoms with Crippen molar-refractivity contribution >= 4 is 5.91 Å². The minimum atomic E-state index is -2.99. The lowest BCUT2D eigenvalue weighted by Gasteiger charge is -2.15. The van der Waals surface area contributed by atoms with Crippen LogP contribution >= 0.6 is 0 Å². The molecule has 2 unspecified atom stereocenters. The number of hydrogen-bond acceptors (Lipinski definition) is 2. The number of nitrogens with two attached hydrogens (primary N) is 1. The molecule has 1 saturated carbocycles. The van der Waals surface area contributed by atoms with Gasteiger partial charge in [-0.2, -0.15) is 0 Å². The smallest absolute Gasteiger partial charge is 0.277 e. The normalized spacial score (nSPS) is 25.8. The quantitative estimate of drug-likeness (QED) is 0.757. The SMILES string of the molecule is CC1CCC(CC(=O)NCC(F)(F)CN)C1. The zero-order valence-corrected chi connectivity index (χ0v) is 9.64. The van der Waals surface area contributed by atoms with Crippen molar-refractivity contribution in [3.63, 3.8) is 0 Å². The van der Waals surface area contributed by atoms with Gasteiger partial charge in [0, 0.05) is 6.42 Å². The van der Waals surface area contributed by atoms with Crippen molar-refractivity contribution in [2.45, 2.75) is 38.5 Å². The van der Waals surface area contributed by atoms with E-state index in [1.54, 1.807) is 0 Å². The summed E-state index contributed by atoms with van der Waals surface area (Å²) in [5, 5.41) is 2.25. The van der Waals surface area contributed by atoms with Crippen molar-refractivity contribution in [3.05, 3.63) is 0 Å². The fourth-order valence-electron chi connectivity index (χ4n) is 2.14. The number of nitrogens with one attached hydrogen (secondary N) is 1. The summed E-state index contributed by atoms with van der Waals surface area (Å²) in [5.74, 6) is -2.25. The molecule has 0 saturated heterocycles. The van der Waals surface area contributed by atoms with Crippen LogP contribution in [-0.2, 0) is 4.79 Å². The largest absolute Gasteiger partial charge is 0.350 e. The van der Waals surface area contributed by atoms with Crippen molar-refractivity contribution in [1.29, 1.82) is 0 Å². The topological polar surface area (TPSA) is 55.1 Å². The van der Waals surface area contributed by atoms with E-state index < -0.39 is 19.0 Å². The van der Waals surface area contributed by atoms with Gasteiger partial charge >= 0.3 is 0 Å². The van der Waals surface area contributed by atoms with Crippen molar-refractivity contribution in [1.82, 2.24) is 5.32 Å². The van der Waals surface area contributed by atoms with E-state index >= 15 is 0 Å². The number of carbonyl (C=O) groups excluding carboxylic acids is 1. The van der Waals surface area contributed by atoms with E-state index in [0.717, 1.165) is 19.3 Å². The first-order valence-corrected chi connectivity index (χ1v) is 5.77. The van der Waals surface area contributed by atoms with Gasteiger partial charge in [0.15, 0.2) is 0 Å². The molecule has 0 aliphatic heterocycles. The van der Waals surface area contributed by atoms with E-state index in [1.165, 1.54) is 0 Å². The predicted octanol–water partition coefficient (Wildman–Crippen LogP) is 1.52. The second-order valence-corrected chi connectivity index (χ2v) is 4.83. The molecule has 1 amide bonds. The van der Waals surface area contributed by atoms with Gasteiger partial charge in [-0.15, -0.1) is 0 Å². The van der Waals surface area contributed by atoms with Crippen molar-refractivity contribution in [2.24, 2.45) is 17.6 Å². The number of halogens is 2. The van der Waals surface area contributed by atoms with Crippen LogP contribution in [0.4, 0.5) is 8.78 Å². The Bertz CT molecular complexity index is 246. The molecule has 3 N–H and O–H groups in total. The van der Waals surface area contributed by atoms with E-state index in [2.05, 4.69) is 12.2 Å². The lowest BCUT2D eigenvalue weighted by Crippen LogP contribution is -2.41. The molecule has 1 rings (SSSR count). The van der Waals surface area contributed by atoms with Gasteiger partial charge < -0.3 is 11.1 Å². The molecule has 5 heteroatoms. The van der Waals surface area contributed by atoms with Gasteiger partial charge in [0.05, 0.1) is 13.1 Å². The Labute approximate surface area is 94.8 Å². The van der Waals surface area contributed by atoms with Gasteiger partial charge in [0.2, 0.25) is 5.91 Å². The minimum Gasteiger partial charge on any atom is -0.350 e. The van der Waals surface area contributed by atoms with Gasteiger partial charge in [0.1, 0.15) is 0 Å². The fraction of sp³-hybridized carbons (Fsp3) is 0.909. The van der Waals surface area contributed by atoms with Crippen LogP contribution in [0.1, 0.15) is 32.6 Å². The van der Waals surface area contributed by atoms with E-state index in [-0.39, 0.29) is 5.91 Å². The van der Waals surface area contributed by atoms with Gasteiger partial charge in [-0.1, -0.05) is 13.3 Å². The third kappa shape index (κ3) is 4.43. The molecule has 16 heavy (non-hydrogen) atoms. The molecule has 0 aromatic rings. The molecule has 0 aromatic heterocycles. The molecule has 1 fully saturated rings. The Balaban J connectivity index is 2.21. The second kappa shape index (κ2) is 5.57. The highest BCUT2D eigenvalue weighted by molar-refractivity contribution is 5.76. The average Bonchev–Trinajstić information content (AvgIpc) is 2.61. The van der Waals surface area contributed by atoms with Crippen LogP contribution < -0.4 is 11.1 Å². The Morgan fingerprint density at radius 3 is 2.69 bits per heavy atom. The number of alkyl halides is 2. The summed E-state index contributed by atoms with van der Waals surface area (Å²) in [5.41, 5.74) is 4.87. The molecule has 0 bridgehead atoms. The van der Waals surface area contributed by atoms with E-state index in [9.17, 15) is 13.6 Å². The standard InChI is InChI=1S/C11H20F2N2O/c1-8-2-3-9(4-8)5-10(16)15-7-11(12,13)6-14/h8-9H,2-7,14H2,1H3,(H,15,16). The van der Waals surface area contributed by atoms with Gasteiger partial charge in [0.25, 0.3) is 5.92 Å². The first-order valence-electron chi connectivity index (χ1n) is 5.77. The molecule has 94 valence electrons. The first kappa shape index (κ1) is 13.4. The van der Waals surface area contributed by atoms with Crippen LogP contribution in [0.3, 0.4) is 0 Å². The summed E-state index contributed by atoms with van der Waals surface area (Å²) in [7, 11) is 0. The summed E-state index contributed by atoms with van der Waals surface area (Å²) in [6, 6.07) is 0. The average molecular weight is 234 g/mol. The number of amides is 1. The highest BCUT2D eigenvalue weighted by atomic mass is 19.3. The minimum absolute atomic E-state index is 0.285. The van der Waals surface area contributed by atoms with Crippen LogP contribution in [-0.4, -0.2) is 24.9 Å². The lowest BCUT2D eigenvalue weighted by molar-refractivity contribution is -0.123. The van der Waals surface area contributed by atoms with E-state index in [4.69, 9.17) is 5.73 Å². The fourth-order valence-corrected chi connectivity index (χ4v) is 2.14. The molecule has 1 aliphatic rings. The Kier molecular flexibility index (Phi) is 4.65. The lowest BCUT2D eigenvalue weighted by atomic mass is 10.0. The Morgan fingerprint density at radius 2 is 2.19 bits per heavy atom. The molecule has 0 aromatic carbocycles. The van der Waals surface area contributed by atoms with E-state index in [1.807, 2.05) is 0 Å². The number of carbonyl (C=O) groups is 1. The second-order valence-electron chi connectivity index (χ2n) is 4.83. The van der Waals surface area contributed by atoms with Gasteiger partial charge in [-0.3, -0.25) is 4.79 Å².